The summed E-state index contributed by atoms with van der Waals surface area (Å²) in [5.74, 6) is -0.778. The van der Waals surface area contributed by atoms with Crippen LogP contribution in [0.15, 0.2) is 42.5 Å². The largest absolute Gasteiger partial charge is 0.337 e. The van der Waals surface area contributed by atoms with E-state index in [1.807, 2.05) is 12.1 Å². The zero-order valence-corrected chi connectivity index (χ0v) is 11.8. The van der Waals surface area contributed by atoms with Crippen LogP contribution in [0.3, 0.4) is 0 Å². The third kappa shape index (κ3) is 2.61. The Kier molecular flexibility index (Phi) is 3.33. The number of hydrogen-bond donors (Lipinski definition) is 2. The van der Waals surface area contributed by atoms with Crippen LogP contribution in [0.2, 0.25) is 0 Å². The lowest BCUT2D eigenvalue weighted by Gasteiger charge is -2.05. The minimum Gasteiger partial charge on any atom is -0.337 e. The first-order valence-corrected chi connectivity index (χ1v) is 7.04. The number of rotatable bonds is 2. The van der Waals surface area contributed by atoms with Gasteiger partial charge in [0.25, 0.3) is 5.91 Å². The highest BCUT2D eigenvalue weighted by Gasteiger charge is 2.07. The number of nitrogens with one attached hydrogen (secondary N) is 2. The molecule has 0 saturated carbocycles. The van der Waals surface area contributed by atoms with Gasteiger partial charge in [0.1, 0.15) is 5.82 Å². The predicted octanol–water partition coefficient (Wildman–Crippen LogP) is 4.35. The molecule has 3 rings (SSSR count). The summed E-state index contributed by atoms with van der Waals surface area (Å²) < 4.78 is 14.7. The molecule has 20 heavy (non-hydrogen) atoms. The number of carbonyl (C=O) groups excluding carboxylic acids is 1. The molecule has 0 spiro atoms. The minimum atomic E-state index is -0.434. The van der Waals surface area contributed by atoms with Gasteiger partial charge < -0.3 is 10.3 Å². The molecular weight excluding hydrogens is 295 g/mol. The second-order valence-corrected chi connectivity index (χ2v) is 5.91. The molecule has 100 valence electrons. The summed E-state index contributed by atoms with van der Waals surface area (Å²) in [7, 11) is 0. The molecule has 6 heteroatoms. The summed E-state index contributed by atoms with van der Waals surface area (Å²) in [5.41, 5.74) is 1.87. The Bertz CT molecular complexity index is 854. The Labute approximate surface area is 123 Å². The number of fused-ring (bicyclic) bond motifs is 1. The lowest BCUT2D eigenvalue weighted by Crippen LogP contribution is -2.11. The van der Waals surface area contributed by atoms with E-state index in [1.165, 1.54) is 29.5 Å². The summed E-state index contributed by atoms with van der Waals surface area (Å²) >= 11 is 6.51. The molecule has 0 aliphatic heterocycles. The van der Waals surface area contributed by atoms with Crippen molar-refractivity contribution >= 4 is 45.4 Å². The summed E-state index contributed by atoms with van der Waals surface area (Å²) in [6.07, 6.45) is 0. The van der Waals surface area contributed by atoms with Crippen LogP contribution in [0.5, 0.6) is 0 Å². The Balaban J connectivity index is 1.88. The molecule has 3 nitrogen and oxygen atoms in total. The molecule has 2 aromatic carbocycles. The first kappa shape index (κ1) is 13.0. The molecule has 0 fully saturated rings. The zero-order chi connectivity index (χ0) is 14.1. The number of anilines is 1. The number of aromatic nitrogens is 1. The van der Waals surface area contributed by atoms with E-state index in [0.29, 0.717) is 9.64 Å². The number of halogens is 1. The molecule has 0 radical (unpaired) electrons. The molecule has 1 amide bonds. The highest BCUT2D eigenvalue weighted by molar-refractivity contribution is 7.73. The van der Waals surface area contributed by atoms with Gasteiger partial charge in [0.15, 0.2) is 3.95 Å². The van der Waals surface area contributed by atoms with Gasteiger partial charge in [-0.05, 0) is 48.6 Å². The van der Waals surface area contributed by atoms with Gasteiger partial charge in [-0.1, -0.05) is 6.07 Å². The summed E-state index contributed by atoms with van der Waals surface area (Å²) in [4.78, 5) is 15.1. The highest BCUT2D eigenvalue weighted by atomic mass is 32.1. The van der Waals surface area contributed by atoms with E-state index in [1.54, 1.807) is 12.1 Å². The maximum absolute atomic E-state index is 13.1. The van der Waals surface area contributed by atoms with Crippen LogP contribution in [0.25, 0.3) is 10.2 Å². The van der Waals surface area contributed by atoms with Crippen LogP contribution in [0.4, 0.5) is 10.1 Å². The second-order valence-electron chi connectivity index (χ2n) is 4.19. The topological polar surface area (TPSA) is 44.9 Å². The van der Waals surface area contributed by atoms with Gasteiger partial charge in [-0.25, -0.2) is 4.39 Å². The van der Waals surface area contributed by atoms with Gasteiger partial charge in [0.2, 0.25) is 0 Å². The van der Waals surface area contributed by atoms with Crippen LogP contribution in [0, 0.1) is 9.77 Å². The van der Waals surface area contributed by atoms with Crippen LogP contribution >= 0.6 is 23.6 Å². The van der Waals surface area contributed by atoms with Gasteiger partial charge in [-0.2, -0.15) is 0 Å². The van der Waals surface area contributed by atoms with Crippen molar-refractivity contribution in [3.8, 4) is 0 Å². The lowest BCUT2D eigenvalue weighted by molar-refractivity contribution is 0.102. The summed E-state index contributed by atoms with van der Waals surface area (Å²) in [6, 6.07) is 11.0. The van der Waals surface area contributed by atoms with Gasteiger partial charge >= 0.3 is 0 Å². The molecule has 1 aromatic heterocycles. The van der Waals surface area contributed by atoms with Gasteiger partial charge in [-0.3, -0.25) is 4.79 Å². The number of thiazole rings is 1. The Hall–Kier alpha value is -2.05. The van der Waals surface area contributed by atoms with Crippen molar-refractivity contribution in [2.75, 3.05) is 5.32 Å². The molecule has 2 N–H and O–H groups in total. The maximum Gasteiger partial charge on any atom is 0.255 e. The van der Waals surface area contributed by atoms with E-state index in [2.05, 4.69) is 10.3 Å². The standard InChI is InChI=1S/C14H9FN2OS2/c15-9-3-1-2-8(6-9)13(18)16-10-4-5-11-12(7-10)20-14(19)17-11/h1-7H,(H,16,18)(H,17,19). The van der Waals surface area contributed by atoms with E-state index >= 15 is 0 Å². The van der Waals surface area contributed by atoms with Crippen LogP contribution in [0.1, 0.15) is 10.4 Å². The number of amides is 1. The molecule has 0 bridgehead atoms. The van der Waals surface area contributed by atoms with Crippen molar-refractivity contribution < 1.29 is 9.18 Å². The van der Waals surface area contributed by atoms with Crippen molar-refractivity contribution in [1.29, 1.82) is 0 Å². The number of benzene rings is 2. The number of hydrogen-bond acceptors (Lipinski definition) is 3. The maximum atomic E-state index is 13.1. The predicted molar refractivity (Wildman–Crippen MR) is 81.4 cm³/mol. The quantitative estimate of drug-likeness (QED) is 0.691. The van der Waals surface area contributed by atoms with Gasteiger partial charge in [0, 0.05) is 11.3 Å². The number of aromatic amines is 1. The van der Waals surface area contributed by atoms with E-state index < -0.39 is 5.82 Å². The SMILES string of the molecule is O=C(Nc1ccc2[nH]c(=S)sc2c1)c1cccc(F)c1. The molecule has 0 atom stereocenters. The fourth-order valence-corrected chi connectivity index (χ4v) is 3.01. The van der Waals surface area contributed by atoms with Gasteiger partial charge in [0.05, 0.1) is 10.2 Å². The van der Waals surface area contributed by atoms with Crippen molar-refractivity contribution in [1.82, 2.24) is 4.98 Å². The molecule has 1 heterocycles. The summed E-state index contributed by atoms with van der Waals surface area (Å²) in [5, 5.41) is 2.74. The first-order valence-electron chi connectivity index (χ1n) is 5.81. The number of H-pyrrole nitrogens is 1. The molecule has 0 unspecified atom stereocenters. The van der Waals surface area contributed by atoms with E-state index in [9.17, 15) is 9.18 Å². The fraction of sp³-hybridized carbons (Fsp3) is 0. The van der Waals surface area contributed by atoms with Crippen molar-refractivity contribution in [2.24, 2.45) is 0 Å². The highest BCUT2D eigenvalue weighted by Crippen LogP contribution is 2.23. The molecule has 0 aliphatic carbocycles. The van der Waals surface area contributed by atoms with Crippen molar-refractivity contribution in [3.05, 3.63) is 57.8 Å². The van der Waals surface area contributed by atoms with E-state index in [0.717, 1.165) is 10.2 Å². The Morgan fingerprint density at radius 2 is 2.10 bits per heavy atom. The lowest BCUT2D eigenvalue weighted by atomic mass is 10.2. The van der Waals surface area contributed by atoms with Crippen molar-refractivity contribution in [2.45, 2.75) is 0 Å². The normalized spacial score (nSPS) is 10.7. The monoisotopic (exact) mass is 304 g/mol. The smallest absolute Gasteiger partial charge is 0.255 e. The first-order chi connectivity index (χ1) is 9.61. The van der Waals surface area contributed by atoms with E-state index in [-0.39, 0.29) is 11.5 Å². The fourth-order valence-electron chi connectivity index (χ4n) is 1.86. The zero-order valence-electron chi connectivity index (χ0n) is 10.1. The Morgan fingerprint density at radius 1 is 1.25 bits per heavy atom. The number of carbonyl (C=O) groups is 1. The summed E-state index contributed by atoms with van der Waals surface area (Å²) in [6.45, 7) is 0. The molecule has 3 aromatic rings. The van der Waals surface area contributed by atoms with Crippen LogP contribution in [-0.2, 0) is 0 Å². The van der Waals surface area contributed by atoms with Crippen LogP contribution in [-0.4, -0.2) is 10.9 Å². The third-order valence-electron chi connectivity index (χ3n) is 2.77. The molecule has 0 saturated heterocycles. The van der Waals surface area contributed by atoms with E-state index in [4.69, 9.17) is 12.2 Å². The Morgan fingerprint density at radius 3 is 2.90 bits per heavy atom. The molecule has 0 aliphatic rings. The average Bonchev–Trinajstić information content (AvgIpc) is 2.78. The average molecular weight is 304 g/mol. The minimum absolute atomic E-state index is 0.284. The van der Waals surface area contributed by atoms with Crippen LogP contribution < -0.4 is 5.32 Å². The molecular formula is C14H9FN2OS2. The third-order valence-corrected chi connectivity index (χ3v) is 3.96. The second kappa shape index (κ2) is 5.15. The van der Waals surface area contributed by atoms with Gasteiger partial charge in [-0.15, -0.1) is 11.3 Å². The van der Waals surface area contributed by atoms with Crippen molar-refractivity contribution in [3.63, 3.8) is 0 Å².